The maximum absolute atomic E-state index is 12.1. The highest BCUT2D eigenvalue weighted by Crippen LogP contribution is 2.31. The Morgan fingerprint density at radius 3 is 2.69 bits per heavy atom. The first-order valence-corrected chi connectivity index (χ1v) is 9.80. The smallest absolute Gasteiger partial charge is 0.319 e. The number of aromatic nitrogens is 1. The predicted octanol–water partition coefficient (Wildman–Crippen LogP) is 5.57. The van der Waals surface area contributed by atoms with E-state index >= 15 is 0 Å². The quantitative estimate of drug-likeness (QED) is 0.401. The monoisotopic (exact) mass is 435 g/mol. The molecule has 0 aliphatic heterocycles. The minimum absolute atomic E-state index is 0.136. The third kappa shape index (κ3) is 5.85. The summed E-state index contributed by atoms with van der Waals surface area (Å²) in [6.45, 7) is 0.439. The molecule has 9 heteroatoms. The minimum Gasteiger partial charge on any atom is -0.481 e. The maximum Gasteiger partial charge on any atom is 0.319 e. The zero-order chi connectivity index (χ0) is 20.8. The molecule has 3 rings (SSSR count). The fourth-order valence-electron chi connectivity index (χ4n) is 2.72. The number of urea groups is 1. The average Bonchev–Trinajstić information content (AvgIpc) is 3.09. The number of hydrogen-bond donors (Lipinski definition) is 3. The van der Waals surface area contributed by atoms with Crippen molar-refractivity contribution in [1.82, 2.24) is 10.3 Å². The van der Waals surface area contributed by atoms with E-state index in [0.717, 1.165) is 6.42 Å². The molecule has 3 aromatic rings. The molecule has 0 fully saturated rings. The van der Waals surface area contributed by atoms with Gasteiger partial charge in [0.25, 0.3) is 0 Å². The van der Waals surface area contributed by atoms with Crippen LogP contribution in [0.3, 0.4) is 0 Å². The number of rotatable bonds is 8. The number of carboxylic acid groups (broad SMARTS) is 1. The Kier molecular flexibility index (Phi) is 6.95. The molecule has 29 heavy (non-hydrogen) atoms. The van der Waals surface area contributed by atoms with Gasteiger partial charge < -0.3 is 20.2 Å². The Bertz CT molecular complexity index is 1040. The van der Waals surface area contributed by atoms with Crippen molar-refractivity contribution >= 4 is 52.0 Å². The van der Waals surface area contributed by atoms with Gasteiger partial charge >= 0.3 is 12.0 Å². The number of aliphatic carboxylic acids is 1. The number of nitrogens with zero attached hydrogens (tertiary/aromatic N) is 1. The Morgan fingerprint density at radius 2 is 1.90 bits per heavy atom. The fourth-order valence-corrected chi connectivity index (χ4v) is 3.06. The molecular weight excluding hydrogens is 417 g/mol. The van der Waals surface area contributed by atoms with E-state index < -0.39 is 12.0 Å². The molecular formula is C20H19Cl2N3O4. The van der Waals surface area contributed by atoms with Crippen LogP contribution < -0.4 is 10.6 Å². The van der Waals surface area contributed by atoms with E-state index in [1.165, 1.54) is 0 Å². The van der Waals surface area contributed by atoms with E-state index in [9.17, 15) is 9.59 Å². The number of benzene rings is 2. The van der Waals surface area contributed by atoms with Gasteiger partial charge in [-0.2, -0.15) is 0 Å². The van der Waals surface area contributed by atoms with Crippen LogP contribution in [0.15, 0.2) is 40.8 Å². The normalized spacial score (nSPS) is 10.8. The summed E-state index contributed by atoms with van der Waals surface area (Å²) < 4.78 is 5.75. The summed E-state index contributed by atoms with van der Waals surface area (Å²) in [5.41, 5.74) is 2.32. The number of anilines is 1. The molecule has 0 unspecified atom stereocenters. The Hall–Kier alpha value is -2.77. The first-order chi connectivity index (χ1) is 13.9. The molecule has 0 bridgehead atoms. The van der Waals surface area contributed by atoms with Gasteiger partial charge in [0, 0.05) is 23.6 Å². The standard InChI is InChI=1S/C20H19Cl2N3O4/c21-13-6-8-17-16(11-13)24-19(29-17)12-5-7-14(22)15(10-12)25-20(28)23-9-3-1-2-4-18(26)27/h5-8,10-11H,1-4,9H2,(H,26,27)(H2,23,25,28). The van der Waals surface area contributed by atoms with E-state index in [-0.39, 0.29) is 6.42 Å². The Morgan fingerprint density at radius 1 is 1.07 bits per heavy atom. The number of carbonyl (C=O) groups excluding carboxylic acids is 1. The molecule has 0 spiro atoms. The van der Waals surface area contributed by atoms with Gasteiger partial charge in [0.1, 0.15) is 5.52 Å². The topological polar surface area (TPSA) is 104 Å². The molecule has 1 heterocycles. The van der Waals surface area contributed by atoms with Crippen molar-refractivity contribution in [2.75, 3.05) is 11.9 Å². The van der Waals surface area contributed by atoms with Gasteiger partial charge in [-0.3, -0.25) is 4.79 Å². The van der Waals surface area contributed by atoms with Gasteiger partial charge in [-0.15, -0.1) is 0 Å². The minimum atomic E-state index is -0.813. The molecule has 2 amide bonds. The summed E-state index contributed by atoms with van der Waals surface area (Å²) in [5, 5.41) is 15.0. The van der Waals surface area contributed by atoms with Crippen LogP contribution in [0.2, 0.25) is 10.0 Å². The van der Waals surface area contributed by atoms with Crippen molar-refractivity contribution in [3.63, 3.8) is 0 Å². The zero-order valence-electron chi connectivity index (χ0n) is 15.4. The molecule has 0 atom stereocenters. The van der Waals surface area contributed by atoms with Crippen LogP contribution in [0.4, 0.5) is 10.5 Å². The number of unbranched alkanes of at least 4 members (excludes halogenated alkanes) is 2. The SMILES string of the molecule is O=C(O)CCCCCNC(=O)Nc1cc(-c2nc3cc(Cl)ccc3o2)ccc1Cl. The van der Waals surface area contributed by atoms with E-state index in [0.29, 0.717) is 57.7 Å². The maximum atomic E-state index is 12.1. The van der Waals surface area contributed by atoms with E-state index in [2.05, 4.69) is 15.6 Å². The highest BCUT2D eigenvalue weighted by atomic mass is 35.5. The summed E-state index contributed by atoms with van der Waals surface area (Å²) in [6, 6.07) is 9.86. The molecule has 1 aromatic heterocycles. The highest BCUT2D eigenvalue weighted by Gasteiger charge is 2.12. The van der Waals surface area contributed by atoms with Crippen molar-refractivity contribution in [2.24, 2.45) is 0 Å². The highest BCUT2D eigenvalue weighted by molar-refractivity contribution is 6.33. The lowest BCUT2D eigenvalue weighted by atomic mass is 10.2. The van der Waals surface area contributed by atoms with Crippen LogP contribution in [0.25, 0.3) is 22.6 Å². The number of carbonyl (C=O) groups is 2. The van der Waals surface area contributed by atoms with E-state index in [1.807, 2.05) is 0 Å². The summed E-state index contributed by atoms with van der Waals surface area (Å²) in [5.74, 6) is -0.423. The lowest BCUT2D eigenvalue weighted by Crippen LogP contribution is -2.29. The van der Waals surface area contributed by atoms with Crippen molar-refractivity contribution < 1.29 is 19.1 Å². The molecule has 0 aliphatic carbocycles. The average molecular weight is 436 g/mol. The fraction of sp³-hybridized carbons (Fsp3) is 0.250. The largest absolute Gasteiger partial charge is 0.481 e. The molecule has 2 aromatic carbocycles. The van der Waals surface area contributed by atoms with Gasteiger partial charge in [0.2, 0.25) is 5.89 Å². The predicted molar refractivity (Wildman–Crippen MR) is 113 cm³/mol. The number of halogens is 2. The molecule has 152 valence electrons. The van der Waals surface area contributed by atoms with Gasteiger partial charge in [0.05, 0.1) is 10.7 Å². The van der Waals surface area contributed by atoms with Crippen LogP contribution in [0, 0.1) is 0 Å². The lowest BCUT2D eigenvalue weighted by molar-refractivity contribution is -0.137. The number of oxazole rings is 1. The Labute approximate surface area is 177 Å². The number of carboxylic acids is 1. The van der Waals surface area contributed by atoms with E-state index in [4.69, 9.17) is 32.7 Å². The first kappa shape index (κ1) is 21.0. The Balaban J connectivity index is 1.61. The van der Waals surface area contributed by atoms with Crippen molar-refractivity contribution in [2.45, 2.75) is 25.7 Å². The van der Waals surface area contributed by atoms with Crippen LogP contribution >= 0.6 is 23.2 Å². The molecule has 0 saturated carbocycles. The zero-order valence-corrected chi connectivity index (χ0v) is 16.9. The number of fused-ring (bicyclic) bond motifs is 1. The summed E-state index contributed by atoms with van der Waals surface area (Å²) in [7, 11) is 0. The second-order valence-electron chi connectivity index (χ2n) is 6.41. The van der Waals surface area contributed by atoms with Crippen LogP contribution in [0.1, 0.15) is 25.7 Å². The second-order valence-corrected chi connectivity index (χ2v) is 7.25. The molecule has 0 aliphatic rings. The van der Waals surface area contributed by atoms with Crippen LogP contribution in [-0.2, 0) is 4.79 Å². The van der Waals surface area contributed by atoms with Crippen LogP contribution in [0.5, 0.6) is 0 Å². The molecule has 0 saturated heterocycles. The van der Waals surface area contributed by atoms with Crippen molar-refractivity contribution in [1.29, 1.82) is 0 Å². The molecule has 3 N–H and O–H groups in total. The third-order valence-corrected chi connectivity index (χ3v) is 4.73. The second kappa shape index (κ2) is 9.62. The number of nitrogens with one attached hydrogen (secondary N) is 2. The van der Waals surface area contributed by atoms with Gasteiger partial charge in [-0.1, -0.05) is 29.6 Å². The van der Waals surface area contributed by atoms with Gasteiger partial charge in [-0.25, -0.2) is 9.78 Å². The van der Waals surface area contributed by atoms with Crippen molar-refractivity contribution in [3.05, 3.63) is 46.4 Å². The lowest BCUT2D eigenvalue weighted by Gasteiger charge is -2.10. The summed E-state index contributed by atoms with van der Waals surface area (Å²) >= 11 is 12.2. The van der Waals surface area contributed by atoms with E-state index in [1.54, 1.807) is 36.4 Å². The first-order valence-electron chi connectivity index (χ1n) is 9.05. The van der Waals surface area contributed by atoms with Gasteiger partial charge in [-0.05, 0) is 49.2 Å². The van der Waals surface area contributed by atoms with Crippen molar-refractivity contribution in [3.8, 4) is 11.5 Å². The molecule has 7 nitrogen and oxygen atoms in total. The van der Waals surface area contributed by atoms with Gasteiger partial charge in [0.15, 0.2) is 5.58 Å². The molecule has 0 radical (unpaired) electrons. The van der Waals surface area contributed by atoms with Crippen LogP contribution in [-0.4, -0.2) is 28.6 Å². The third-order valence-electron chi connectivity index (χ3n) is 4.16. The summed E-state index contributed by atoms with van der Waals surface area (Å²) in [4.78, 5) is 27.0. The number of amides is 2. The summed E-state index contributed by atoms with van der Waals surface area (Å²) in [6.07, 6.45) is 2.14. The number of hydrogen-bond acceptors (Lipinski definition) is 4.